The molecular formula is C16H15Cl2NO2. The van der Waals surface area contributed by atoms with Crippen LogP contribution in [0.1, 0.15) is 17.3 Å². The maximum Gasteiger partial charge on any atom is 0.251 e. The van der Waals surface area contributed by atoms with Crippen LogP contribution in [0.5, 0.6) is 5.75 Å². The average molecular weight is 324 g/mol. The maximum atomic E-state index is 12.0. The summed E-state index contributed by atoms with van der Waals surface area (Å²) >= 11 is 11.6. The fourth-order valence-corrected chi connectivity index (χ4v) is 1.95. The molecule has 0 heterocycles. The summed E-state index contributed by atoms with van der Waals surface area (Å²) in [5.74, 6) is 0.561. The number of ether oxygens (including phenoxy) is 1. The molecule has 2 aromatic rings. The molecule has 0 aromatic heterocycles. The number of hydrogen-bond donors (Lipinski definition) is 1. The van der Waals surface area contributed by atoms with E-state index in [9.17, 15) is 4.79 Å². The SMILES string of the molecule is CC(COc1ccc(Cl)cc1)NC(=O)c1ccc(Cl)cc1. The van der Waals surface area contributed by atoms with Crippen molar-refractivity contribution in [3.05, 3.63) is 64.1 Å². The Morgan fingerprint density at radius 1 is 1.05 bits per heavy atom. The number of carbonyl (C=O) groups is 1. The fourth-order valence-electron chi connectivity index (χ4n) is 1.70. The van der Waals surface area contributed by atoms with Gasteiger partial charge in [0, 0.05) is 15.6 Å². The molecule has 0 aliphatic carbocycles. The van der Waals surface area contributed by atoms with E-state index in [2.05, 4.69) is 5.32 Å². The van der Waals surface area contributed by atoms with Crippen LogP contribution >= 0.6 is 23.2 Å². The zero-order valence-corrected chi connectivity index (χ0v) is 13.0. The second-order valence-electron chi connectivity index (χ2n) is 4.65. The van der Waals surface area contributed by atoms with Gasteiger partial charge in [-0.25, -0.2) is 0 Å². The summed E-state index contributed by atoms with van der Waals surface area (Å²) in [6.45, 7) is 2.25. The average Bonchev–Trinajstić information content (AvgIpc) is 2.47. The Labute approximate surface area is 133 Å². The molecule has 0 radical (unpaired) electrons. The van der Waals surface area contributed by atoms with E-state index >= 15 is 0 Å². The molecule has 2 rings (SSSR count). The predicted octanol–water partition coefficient (Wildman–Crippen LogP) is 4.19. The fraction of sp³-hybridized carbons (Fsp3) is 0.188. The molecule has 1 N–H and O–H groups in total. The van der Waals surface area contributed by atoms with Gasteiger partial charge in [-0.15, -0.1) is 0 Å². The van der Waals surface area contributed by atoms with Gasteiger partial charge in [-0.1, -0.05) is 23.2 Å². The van der Waals surface area contributed by atoms with Gasteiger partial charge in [0.15, 0.2) is 0 Å². The summed E-state index contributed by atoms with van der Waals surface area (Å²) in [6.07, 6.45) is 0. The predicted molar refractivity (Wildman–Crippen MR) is 85.3 cm³/mol. The third-order valence-electron chi connectivity index (χ3n) is 2.80. The lowest BCUT2D eigenvalue weighted by Crippen LogP contribution is -2.36. The van der Waals surface area contributed by atoms with E-state index in [0.717, 1.165) is 0 Å². The van der Waals surface area contributed by atoms with E-state index in [-0.39, 0.29) is 11.9 Å². The number of benzene rings is 2. The minimum atomic E-state index is -0.154. The van der Waals surface area contributed by atoms with Gasteiger partial charge in [-0.3, -0.25) is 4.79 Å². The lowest BCUT2D eigenvalue weighted by Gasteiger charge is -2.15. The molecule has 0 aliphatic rings. The van der Waals surface area contributed by atoms with Gasteiger partial charge in [-0.2, -0.15) is 0 Å². The van der Waals surface area contributed by atoms with Crippen molar-refractivity contribution >= 4 is 29.1 Å². The standard InChI is InChI=1S/C16H15Cl2NO2/c1-11(10-21-15-8-6-14(18)7-9-15)19-16(20)12-2-4-13(17)5-3-12/h2-9,11H,10H2,1H3,(H,19,20). The summed E-state index contributed by atoms with van der Waals surface area (Å²) in [5.41, 5.74) is 0.567. The smallest absolute Gasteiger partial charge is 0.251 e. The van der Waals surface area contributed by atoms with E-state index in [4.69, 9.17) is 27.9 Å². The second kappa shape index (κ2) is 7.34. The van der Waals surface area contributed by atoms with Crippen molar-refractivity contribution < 1.29 is 9.53 Å². The van der Waals surface area contributed by atoms with Crippen LogP contribution in [-0.2, 0) is 0 Å². The highest BCUT2D eigenvalue weighted by atomic mass is 35.5. The zero-order valence-electron chi connectivity index (χ0n) is 11.5. The van der Waals surface area contributed by atoms with Crippen molar-refractivity contribution in [3.63, 3.8) is 0 Å². The summed E-state index contributed by atoms with van der Waals surface area (Å²) in [7, 11) is 0. The van der Waals surface area contributed by atoms with Gasteiger partial charge >= 0.3 is 0 Å². The number of carbonyl (C=O) groups excluding carboxylic acids is 1. The Hall–Kier alpha value is -1.71. The summed E-state index contributed by atoms with van der Waals surface area (Å²) in [6, 6.07) is 13.7. The summed E-state index contributed by atoms with van der Waals surface area (Å²) in [5, 5.41) is 4.13. The molecule has 3 nitrogen and oxygen atoms in total. The number of nitrogens with one attached hydrogen (secondary N) is 1. The van der Waals surface area contributed by atoms with E-state index < -0.39 is 0 Å². The molecule has 5 heteroatoms. The molecule has 2 aromatic carbocycles. The normalized spacial score (nSPS) is 11.8. The van der Waals surface area contributed by atoms with E-state index in [1.54, 1.807) is 48.5 Å². The topological polar surface area (TPSA) is 38.3 Å². The van der Waals surface area contributed by atoms with Crippen molar-refractivity contribution in [1.29, 1.82) is 0 Å². The van der Waals surface area contributed by atoms with Crippen molar-refractivity contribution in [2.45, 2.75) is 13.0 Å². The quantitative estimate of drug-likeness (QED) is 0.895. The van der Waals surface area contributed by atoms with E-state index in [1.165, 1.54) is 0 Å². The van der Waals surface area contributed by atoms with Crippen LogP contribution < -0.4 is 10.1 Å². The highest BCUT2D eigenvalue weighted by Crippen LogP contribution is 2.15. The first-order valence-electron chi connectivity index (χ1n) is 6.49. The third-order valence-corrected chi connectivity index (χ3v) is 3.30. The Bertz CT molecular complexity index is 597. The van der Waals surface area contributed by atoms with Gasteiger partial charge in [0.05, 0.1) is 6.04 Å². The van der Waals surface area contributed by atoms with Gasteiger partial charge in [0.25, 0.3) is 5.91 Å². The van der Waals surface area contributed by atoms with Crippen molar-refractivity contribution in [2.75, 3.05) is 6.61 Å². The monoisotopic (exact) mass is 323 g/mol. The van der Waals surface area contributed by atoms with Crippen LogP contribution in [-0.4, -0.2) is 18.6 Å². The first-order valence-corrected chi connectivity index (χ1v) is 7.25. The molecular weight excluding hydrogens is 309 g/mol. The Morgan fingerprint density at radius 2 is 1.57 bits per heavy atom. The van der Waals surface area contributed by atoms with Crippen LogP contribution in [0.4, 0.5) is 0 Å². The Morgan fingerprint density at radius 3 is 2.14 bits per heavy atom. The van der Waals surface area contributed by atoms with Crippen molar-refractivity contribution in [1.82, 2.24) is 5.32 Å². The van der Waals surface area contributed by atoms with Gasteiger partial charge in [0.1, 0.15) is 12.4 Å². The number of rotatable bonds is 5. The van der Waals surface area contributed by atoms with E-state index in [1.807, 2.05) is 6.92 Å². The molecule has 0 aliphatic heterocycles. The molecule has 21 heavy (non-hydrogen) atoms. The van der Waals surface area contributed by atoms with Crippen LogP contribution in [0.15, 0.2) is 48.5 Å². The molecule has 110 valence electrons. The molecule has 1 unspecified atom stereocenters. The summed E-state index contributed by atoms with van der Waals surface area (Å²) < 4.78 is 5.58. The first-order chi connectivity index (χ1) is 10.0. The minimum absolute atomic E-state index is 0.121. The van der Waals surface area contributed by atoms with Crippen molar-refractivity contribution in [2.24, 2.45) is 0 Å². The molecule has 1 atom stereocenters. The van der Waals surface area contributed by atoms with Gasteiger partial charge in [0.2, 0.25) is 0 Å². The Balaban J connectivity index is 1.83. The van der Waals surface area contributed by atoms with Crippen molar-refractivity contribution in [3.8, 4) is 5.75 Å². The largest absolute Gasteiger partial charge is 0.491 e. The molecule has 0 fully saturated rings. The number of amides is 1. The van der Waals surface area contributed by atoms with Crippen LogP contribution in [0, 0.1) is 0 Å². The molecule has 0 spiro atoms. The second-order valence-corrected chi connectivity index (χ2v) is 5.52. The van der Waals surface area contributed by atoms with Crippen LogP contribution in [0.3, 0.4) is 0 Å². The molecule has 0 bridgehead atoms. The van der Waals surface area contributed by atoms with Gasteiger partial charge in [-0.05, 0) is 55.5 Å². The van der Waals surface area contributed by atoms with Gasteiger partial charge < -0.3 is 10.1 Å². The van der Waals surface area contributed by atoms with E-state index in [0.29, 0.717) is 28.0 Å². The highest BCUT2D eigenvalue weighted by molar-refractivity contribution is 6.30. The van der Waals surface area contributed by atoms with Crippen LogP contribution in [0.25, 0.3) is 0 Å². The third kappa shape index (κ3) is 4.96. The summed E-state index contributed by atoms with van der Waals surface area (Å²) in [4.78, 5) is 12.0. The zero-order chi connectivity index (χ0) is 15.2. The number of hydrogen-bond acceptors (Lipinski definition) is 2. The highest BCUT2D eigenvalue weighted by Gasteiger charge is 2.10. The minimum Gasteiger partial charge on any atom is -0.491 e. The Kier molecular flexibility index (Phi) is 5.48. The molecule has 1 amide bonds. The molecule has 0 saturated carbocycles. The van der Waals surface area contributed by atoms with Crippen LogP contribution in [0.2, 0.25) is 10.0 Å². The lowest BCUT2D eigenvalue weighted by molar-refractivity contribution is 0.0926. The maximum absolute atomic E-state index is 12.0. The first kappa shape index (κ1) is 15.7. The lowest BCUT2D eigenvalue weighted by atomic mass is 10.2. The molecule has 0 saturated heterocycles. The number of halogens is 2.